The topological polar surface area (TPSA) is 71.4 Å². The molecule has 0 amide bonds. The van der Waals surface area contributed by atoms with E-state index < -0.39 is 0 Å². The van der Waals surface area contributed by atoms with Crippen LogP contribution in [0.15, 0.2) is 18.7 Å². The number of hydrogen-bond acceptors (Lipinski definition) is 4. The number of aromatic nitrogens is 5. The molecule has 0 spiro atoms. The van der Waals surface area contributed by atoms with E-state index in [-0.39, 0.29) is 6.04 Å². The van der Waals surface area contributed by atoms with E-state index in [0.717, 1.165) is 31.0 Å². The minimum Gasteiger partial charge on any atom is -0.347 e. The van der Waals surface area contributed by atoms with Crippen molar-refractivity contribution in [1.82, 2.24) is 30.0 Å². The Morgan fingerprint density at radius 1 is 1.47 bits per heavy atom. The van der Waals surface area contributed by atoms with Crippen LogP contribution >= 0.6 is 0 Å². The maximum atomic E-state index is 4.30. The van der Waals surface area contributed by atoms with Crippen molar-refractivity contribution < 1.29 is 0 Å². The largest absolute Gasteiger partial charge is 0.347 e. The van der Waals surface area contributed by atoms with Crippen LogP contribution in [0.5, 0.6) is 0 Å². The Labute approximate surface area is 100 Å². The molecule has 1 unspecified atom stereocenters. The molecule has 0 aliphatic carbocycles. The quantitative estimate of drug-likeness (QED) is 0.776. The third kappa shape index (κ3) is 2.91. The second kappa shape index (κ2) is 5.58. The first-order chi connectivity index (χ1) is 8.31. The maximum absolute atomic E-state index is 4.30. The number of H-pyrrole nitrogens is 1. The summed E-state index contributed by atoms with van der Waals surface area (Å²) in [6, 6.07) is 0.160. The minimum atomic E-state index is 0.160. The van der Waals surface area contributed by atoms with Gasteiger partial charge in [-0.05, 0) is 13.0 Å². The summed E-state index contributed by atoms with van der Waals surface area (Å²) in [6.45, 7) is 3.11. The van der Waals surface area contributed by atoms with Gasteiger partial charge < -0.3 is 10.3 Å². The molecule has 2 N–H and O–H groups in total. The Morgan fingerprint density at radius 2 is 2.35 bits per heavy atom. The molecule has 6 heteroatoms. The monoisotopic (exact) mass is 234 g/mol. The van der Waals surface area contributed by atoms with Crippen molar-refractivity contribution in [1.29, 1.82) is 0 Å². The number of aromatic amines is 1. The average molecular weight is 234 g/mol. The van der Waals surface area contributed by atoms with Crippen LogP contribution in [-0.4, -0.2) is 31.3 Å². The number of nitrogens with zero attached hydrogens (tertiary/aromatic N) is 4. The fraction of sp³-hybridized carbons (Fsp3) is 0.545. The smallest absolute Gasteiger partial charge is 0.138 e. The minimum absolute atomic E-state index is 0.160. The Bertz CT molecular complexity index is 433. The van der Waals surface area contributed by atoms with Gasteiger partial charge >= 0.3 is 0 Å². The molecule has 2 rings (SSSR count). The molecule has 0 fully saturated rings. The molecule has 92 valence electrons. The third-order valence-corrected chi connectivity index (χ3v) is 2.68. The molecule has 2 aromatic rings. The van der Waals surface area contributed by atoms with Gasteiger partial charge in [-0.15, -0.1) is 0 Å². The highest BCUT2D eigenvalue weighted by Gasteiger charge is 2.16. The number of hydrogen-bond donors (Lipinski definition) is 2. The van der Waals surface area contributed by atoms with E-state index in [9.17, 15) is 0 Å². The predicted molar refractivity (Wildman–Crippen MR) is 64.3 cm³/mol. The van der Waals surface area contributed by atoms with Gasteiger partial charge in [-0.2, -0.15) is 5.10 Å². The molecule has 0 saturated carbocycles. The zero-order valence-corrected chi connectivity index (χ0v) is 10.2. The predicted octanol–water partition coefficient (Wildman–Crippen LogP) is 0.822. The zero-order chi connectivity index (χ0) is 12.1. The number of rotatable bonds is 6. The molecule has 0 saturated heterocycles. The van der Waals surface area contributed by atoms with Gasteiger partial charge in [0.15, 0.2) is 0 Å². The van der Waals surface area contributed by atoms with Crippen LogP contribution in [0.4, 0.5) is 0 Å². The van der Waals surface area contributed by atoms with Crippen LogP contribution in [0.1, 0.15) is 31.0 Å². The van der Waals surface area contributed by atoms with Crippen LogP contribution in [-0.2, 0) is 13.5 Å². The third-order valence-electron chi connectivity index (χ3n) is 2.68. The van der Waals surface area contributed by atoms with E-state index in [1.54, 1.807) is 17.2 Å². The number of aryl methyl sites for hydroxylation is 1. The first kappa shape index (κ1) is 11.8. The molecule has 2 aromatic heterocycles. The highest BCUT2D eigenvalue weighted by Crippen LogP contribution is 2.12. The molecule has 0 bridgehead atoms. The van der Waals surface area contributed by atoms with Crippen LogP contribution in [0.3, 0.4) is 0 Å². The van der Waals surface area contributed by atoms with Crippen molar-refractivity contribution in [2.24, 2.45) is 7.05 Å². The molecule has 2 heterocycles. The first-order valence-electron chi connectivity index (χ1n) is 5.86. The lowest BCUT2D eigenvalue weighted by atomic mass is 10.2. The lowest BCUT2D eigenvalue weighted by Gasteiger charge is -2.15. The second-order valence-corrected chi connectivity index (χ2v) is 3.99. The molecular formula is C11H18N6. The fourth-order valence-corrected chi connectivity index (χ4v) is 1.74. The van der Waals surface area contributed by atoms with Gasteiger partial charge in [0.05, 0.1) is 6.04 Å². The Morgan fingerprint density at radius 3 is 2.94 bits per heavy atom. The summed E-state index contributed by atoms with van der Waals surface area (Å²) >= 11 is 0. The van der Waals surface area contributed by atoms with Crippen LogP contribution in [0, 0.1) is 0 Å². The van der Waals surface area contributed by atoms with Crippen molar-refractivity contribution >= 4 is 0 Å². The van der Waals surface area contributed by atoms with Gasteiger partial charge in [-0.25, -0.2) is 9.97 Å². The lowest BCUT2D eigenvalue weighted by Crippen LogP contribution is -2.26. The van der Waals surface area contributed by atoms with Crippen molar-refractivity contribution in [3.05, 3.63) is 30.4 Å². The molecule has 1 atom stereocenters. The van der Waals surface area contributed by atoms with Crippen LogP contribution in [0.25, 0.3) is 0 Å². The second-order valence-electron chi connectivity index (χ2n) is 3.99. The van der Waals surface area contributed by atoms with E-state index in [1.807, 2.05) is 13.2 Å². The SMILES string of the molecule is CCCNC(Cc1ncnn1C)c1ncc[nH]1. The zero-order valence-electron chi connectivity index (χ0n) is 10.2. The Hall–Kier alpha value is -1.69. The van der Waals surface area contributed by atoms with Crippen molar-refractivity contribution in [3.8, 4) is 0 Å². The van der Waals surface area contributed by atoms with Crippen molar-refractivity contribution in [2.45, 2.75) is 25.8 Å². The summed E-state index contributed by atoms with van der Waals surface area (Å²) in [7, 11) is 1.90. The summed E-state index contributed by atoms with van der Waals surface area (Å²) in [4.78, 5) is 11.7. The highest BCUT2D eigenvalue weighted by atomic mass is 15.3. The summed E-state index contributed by atoms with van der Waals surface area (Å²) in [5.74, 6) is 1.90. The summed E-state index contributed by atoms with van der Waals surface area (Å²) in [5, 5.41) is 7.54. The summed E-state index contributed by atoms with van der Waals surface area (Å²) in [5.41, 5.74) is 0. The van der Waals surface area contributed by atoms with Crippen molar-refractivity contribution in [2.75, 3.05) is 6.54 Å². The van der Waals surface area contributed by atoms with Crippen molar-refractivity contribution in [3.63, 3.8) is 0 Å². The standard InChI is InChI=1S/C11H18N6/c1-3-4-12-9(11-13-5-6-14-11)7-10-15-8-16-17(10)2/h5-6,8-9,12H,3-4,7H2,1-2H3,(H,13,14). The van der Waals surface area contributed by atoms with E-state index in [2.05, 4.69) is 32.3 Å². The summed E-state index contributed by atoms with van der Waals surface area (Å²) in [6.07, 6.45) is 7.06. The molecule has 0 aromatic carbocycles. The lowest BCUT2D eigenvalue weighted by molar-refractivity contribution is 0.488. The molecule has 0 aliphatic heterocycles. The van der Waals surface area contributed by atoms with Gasteiger partial charge in [-0.3, -0.25) is 4.68 Å². The van der Waals surface area contributed by atoms with E-state index in [4.69, 9.17) is 0 Å². The molecule has 0 radical (unpaired) electrons. The average Bonchev–Trinajstić information content (AvgIpc) is 2.96. The molecular weight excluding hydrogens is 216 g/mol. The Kier molecular flexibility index (Phi) is 3.87. The maximum Gasteiger partial charge on any atom is 0.138 e. The van der Waals surface area contributed by atoms with Gasteiger partial charge in [0, 0.05) is 25.9 Å². The number of imidazole rings is 1. The van der Waals surface area contributed by atoms with Crippen LogP contribution in [0.2, 0.25) is 0 Å². The molecule has 6 nitrogen and oxygen atoms in total. The first-order valence-corrected chi connectivity index (χ1v) is 5.86. The fourth-order valence-electron chi connectivity index (χ4n) is 1.74. The molecule has 17 heavy (non-hydrogen) atoms. The van der Waals surface area contributed by atoms with E-state index in [0.29, 0.717) is 0 Å². The van der Waals surface area contributed by atoms with Gasteiger partial charge in [0.2, 0.25) is 0 Å². The van der Waals surface area contributed by atoms with Gasteiger partial charge in [0.25, 0.3) is 0 Å². The number of nitrogens with one attached hydrogen (secondary N) is 2. The van der Waals surface area contributed by atoms with E-state index in [1.165, 1.54) is 0 Å². The van der Waals surface area contributed by atoms with Gasteiger partial charge in [0.1, 0.15) is 18.0 Å². The highest BCUT2D eigenvalue weighted by molar-refractivity contribution is 5.01. The molecule has 0 aliphatic rings. The normalized spacial score (nSPS) is 12.8. The van der Waals surface area contributed by atoms with Crippen LogP contribution < -0.4 is 5.32 Å². The Balaban J connectivity index is 2.08. The van der Waals surface area contributed by atoms with Gasteiger partial charge in [-0.1, -0.05) is 6.92 Å². The summed E-state index contributed by atoms with van der Waals surface area (Å²) < 4.78 is 1.80. The van der Waals surface area contributed by atoms with E-state index >= 15 is 0 Å².